The molecule has 0 amide bonds. The van der Waals surface area contributed by atoms with Crippen molar-refractivity contribution in [2.45, 2.75) is 31.6 Å². The molecule has 6 nitrogen and oxygen atoms in total. The maximum absolute atomic E-state index is 11.7. The molecule has 1 fully saturated rings. The fraction of sp³-hybridized carbons (Fsp3) is 0.556. The third-order valence-electron chi connectivity index (χ3n) is 3.96. The molecule has 0 spiro atoms. The standard InChI is InChI=1S/C18H27N3O3S.HI/c1-4-19-18(21-12-14-6-5-9-25-14)20-11-13-7-8-15(17(22)24-3)16(10-13)23-2;/h7-8,10,14H,4-6,9,11-12H2,1-3H3,(H2,19,20,21);1H. The summed E-state index contributed by atoms with van der Waals surface area (Å²) in [6, 6.07) is 5.41. The van der Waals surface area contributed by atoms with Gasteiger partial charge in [0.05, 0.1) is 20.8 Å². The lowest BCUT2D eigenvalue weighted by Crippen LogP contribution is -2.40. The molecule has 0 saturated carbocycles. The summed E-state index contributed by atoms with van der Waals surface area (Å²) < 4.78 is 10.1. The predicted octanol–water partition coefficient (Wildman–Crippen LogP) is 3.05. The molecule has 2 N–H and O–H groups in total. The van der Waals surface area contributed by atoms with Gasteiger partial charge in [-0.1, -0.05) is 6.07 Å². The van der Waals surface area contributed by atoms with E-state index in [1.165, 1.54) is 25.7 Å². The maximum atomic E-state index is 11.7. The number of hydrogen-bond acceptors (Lipinski definition) is 5. The van der Waals surface area contributed by atoms with Crippen LogP contribution in [0.5, 0.6) is 5.75 Å². The zero-order chi connectivity index (χ0) is 18.1. The van der Waals surface area contributed by atoms with E-state index in [2.05, 4.69) is 22.5 Å². The van der Waals surface area contributed by atoms with Crippen LogP contribution < -0.4 is 15.4 Å². The van der Waals surface area contributed by atoms with Crippen molar-refractivity contribution in [1.82, 2.24) is 10.6 Å². The number of halogens is 1. The average Bonchev–Trinajstić information content (AvgIpc) is 3.16. The van der Waals surface area contributed by atoms with Crippen LogP contribution in [0.25, 0.3) is 0 Å². The summed E-state index contributed by atoms with van der Waals surface area (Å²) in [4.78, 5) is 16.3. The van der Waals surface area contributed by atoms with Gasteiger partial charge in [-0.3, -0.25) is 0 Å². The third-order valence-corrected chi connectivity index (χ3v) is 5.35. The number of carbonyl (C=O) groups excluding carboxylic acids is 1. The van der Waals surface area contributed by atoms with Gasteiger partial charge in [0.15, 0.2) is 5.96 Å². The minimum absolute atomic E-state index is 0. The molecule has 0 radical (unpaired) electrons. The Morgan fingerprint density at radius 2 is 2.15 bits per heavy atom. The van der Waals surface area contributed by atoms with Gasteiger partial charge in [0.25, 0.3) is 0 Å². The Hall–Kier alpha value is -1.16. The van der Waals surface area contributed by atoms with Gasteiger partial charge in [-0.05, 0) is 43.2 Å². The first kappa shape index (κ1) is 22.9. The molecule has 1 aromatic carbocycles. The maximum Gasteiger partial charge on any atom is 0.341 e. The van der Waals surface area contributed by atoms with Crippen molar-refractivity contribution in [3.05, 3.63) is 29.3 Å². The summed E-state index contributed by atoms with van der Waals surface area (Å²) >= 11 is 2.02. The van der Waals surface area contributed by atoms with Gasteiger partial charge >= 0.3 is 5.97 Å². The summed E-state index contributed by atoms with van der Waals surface area (Å²) in [6.07, 6.45) is 2.57. The summed E-state index contributed by atoms with van der Waals surface area (Å²) in [5.41, 5.74) is 1.39. The molecule has 1 unspecified atom stereocenters. The number of thioether (sulfide) groups is 1. The van der Waals surface area contributed by atoms with E-state index in [0.717, 1.165) is 24.6 Å². The molecule has 8 heteroatoms. The van der Waals surface area contributed by atoms with Crippen molar-refractivity contribution in [2.75, 3.05) is 33.1 Å². The Balaban J connectivity index is 0.00000338. The van der Waals surface area contributed by atoms with Gasteiger partial charge in [-0.25, -0.2) is 9.79 Å². The zero-order valence-corrected chi connectivity index (χ0v) is 18.7. The largest absolute Gasteiger partial charge is 0.496 e. The van der Waals surface area contributed by atoms with Crippen LogP contribution in [0.2, 0.25) is 0 Å². The van der Waals surface area contributed by atoms with E-state index in [-0.39, 0.29) is 24.0 Å². The summed E-state index contributed by atoms with van der Waals surface area (Å²) in [6.45, 7) is 4.30. The van der Waals surface area contributed by atoms with Gasteiger partial charge in [-0.15, -0.1) is 24.0 Å². The fourth-order valence-corrected chi connectivity index (χ4v) is 3.84. The number of aliphatic imine (C=N–C) groups is 1. The van der Waals surface area contributed by atoms with E-state index in [1.807, 2.05) is 23.9 Å². The molecule has 0 bridgehead atoms. The number of hydrogen-bond donors (Lipinski definition) is 2. The number of ether oxygens (including phenoxy) is 2. The van der Waals surface area contributed by atoms with E-state index in [0.29, 0.717) is 23.1 Å². The Kier molecular flexibility index (Phi) is 10.8. The van der Waals surface area contributed by atoms with Crippen molar-refractivity contribution < 1.29 is 14.3 Å². The van der Waals surface area contributed by atoms with Crippen LogP contribution in [0.3, 0.4) is 0 Å². The van der Waals surface area contributed by atoms with E-state index in [1.54, 1.807) is 13.2 Å². The minimum Gasteiger partial charge on any atom is -0.496 e. The van der Waals surface area contributed by atoms with Crippen LogP contribution in [-0.2, 0) is 11.3 Å². The van der Waals surface area contributed by atoms with Gasteiger partial charge in [0.1, 0.15) is 11.3 Å². The molecule has 0 aromatic heterocycles. The summed E-state index contributed by atoms with van der Waals surface area (Å²) in [5, 5.41) is 7.35. The molecule has 1 saturated heterocycles. The molecule has 1 atom stereocenters. The number of nitrogens with zero attached hydrogens (tertiary/aromatic N) is 1. The van der Waals surface area contributed by atoms with Crippen LogP contribution in [0.4, 0.5) is 0 Å². The molecule has 26 heavy (non-hydrogen) atoms. The number of guanidine groups is 1. The predicted molar refractivity (Wildman–Crippen MR) is 118 cm³/mol. The SMILES string of the molecule is CCNC(=NCc1ccc(C(=O)OC)c(OC)c1)NCC1CCCS1.I. The highest BCUT2D eigenvalue weighted by Gasteiger charge is 2.16. The quantitative estimate of drug-likeness (QED) is 0.264. The molecule has 1 aliphatic heterocycles. The van der Waals surface area contributed by atoms with Crippen LogP contribution in [-0.4, -0.2) is 50.2 Å². The normalized spacial score (nSPS) is 16.6. The first-order valence-corrected chi connectivity index (χ1v) is 9.61. The summed E-state index contributed by atoms with van der Waals surface area (Å²) in [5.74, 6) is 2.16. The Morgan fingerprint density at radius 1 is 1.35 bits per heavy atom. The number of benzene rings is 1. The minimum atomic E-state index is -0.407. The van der Waals surface area contributed by atoms with Crippen molar-refractivity contribution >= 4 is 47.7 Å². The Labute approximate surface area is 176 Å². The first-order valence-electron chi connectivity index (χ1n) is 8.57. The molecule has 146 valence electrons. The van der Waals surface area contributed by atoms with Crippen molar-refractivity contribution in [3.63, 3.8) is 0 Å². The topological polar surface area (TPSA) is 72.0 Å². The highest BCUT2D eigenvalue weighted by Crippen LogP contribution is 2.25. The van der Waals surface area contributed by atoms with Gasteiger partial charge in [0.2, 0.25) is 0 Å². The summed E-state index contributed by atoms with van der Waals surface area (Å²) in [7, 11) is 2.90. The smallest absolute Gasteiger partial charge is 0.341 e. The number of rotatable bonds is 7. The molecule has 1 heterocycles. The van der Waals surface area contributed by atoms with Crippen molar-refractivity contribution in [1.29, 1.82) is 0 Å². The zero-order valence-electron chi connectivity index (χ0n) is 15.5. The molecule has 2 rings (SSSR count). The second kappa shape index (κ2) is 12.3. The monoisotopic (exact) mass is 493 g/mol. The number of nitrogens with one attached hydrogen (secondary N) is 2. The van der Waals surface area contributed by atoms with E-state index in [9.17, 15) is 4.79 Å². The van der Waals surface area contributed by atoms with E-state index >= 15 is 0 Å². The lowest BCUT2D eigenvalue weighted by atomic mass is 10.1. The third kappa shape index (κ3) is 6.86. The van der Waals surface area contributed by atoms with Crippen molar-refractivity contribution in [3.8, 4) is 5.75 Å². The lowest BCUT2D eigenvalue weighted by Gasteiger charge is -2.14. The fourth-order valence-electron chi connectivity index (χ4n) is 2.64. The number of carbonyl (C=O) groups is 1. The van der Waals surface area contributed by atoms with Crippen molar-refractivity contribution in [2.24, 2.45) is 4.99 Å². The number of esters is 1. The molecule has 1 aliphatic rings. The number of methoxy groups -OCH3 is 2. The van der Waals surface area contributed by atoms with E-state index < -0.39 is 5.97 Å². The van der Waals surface area contributed by atoms with Crippen LogP contribution in [0.15, 0.2) is 23.2 Å². The van der Waals surface area contributed by atoms with Gasteiger partial charge in [0, 0.05) is 18.3 Å². The van der Waals surface area contributed by atoms with Crippen LogP contribution >= 0.6 is 35.7 Å². The second-order valence-corrected chi connectivity index (χ2v) is 7.15. The average molecular weight is 493 g/mol. The molecular formula is C18H28IN3O3S. The second-order valence-electron chi connectivity index (χ2n) is 5.74. The highest BCUT2D eigenvalue weighted by molar-refractivity contribution is 14.0. The van der Waals surface area contributed by atoms with Gasteiger partial charge in [-0.2, -0.15) is 11.8 Å². The Bertz CT molecular complexity index is 607. The molecule has 0 aliphatic carbocycles. The first-order chi connectivity index (χ1) is 12.2. The molecule has 1 aromatic rings. The van der Waals surface area contributed by atoms with Crippen LogP contribution in [0.1, 0.15) is 35.7 Å². The van der Waals surface area contributed by atoms with Crippen LogP contribution in [0, 0.1) is 0 Å². The Morgan fingerprint density at radius 3 is 2.77 bits per heavy atom. The highest BCUT2D eigenvalue weighted by atomic mass is 127. The lowest BCUT2D eigenvalue weighted by molar-refractivity contribution is 0.0597. The van der Waals surface area contributed by atoms with Gasteiger partial charge < -0.3 is 20.1 Å². The molecular weight excluding hydrogens is 465 g/mol. The van der Waals surface area contributed by atoms with E-state index in [4.69, 9.17) is 9.47 Å².